The molecule has 0 spiro atoms. The normalized spacial score (nSPS) is 16.0. The molecule has 1 heterocycles. The number of amides is 2. The van der Waals surface area contributed by atoms with Crippen LogP contribution in [0, 0.1) is 5.82 Å². The summed E-state index contributed by atoms with van der Waals surface area (Å²) in [5.41, 5.74) is 2.50. The largest absolute Gasteiger partial charge is 0.326 e. The molecule has 2 N–H and O–H groups in total. The van der Waals surface area contributed by atoms with Gasteiger partial charge in [-0.15, -0.1) is 0 Å². The lowest BCUT2D eigenvalue weighted by molar-refractivity contribution is -0.120. The number of fused-ring (bicyclic) bond motifs is 1. The molecule has 4 rings (SSSR count). The van der Waals surface area contributed by atoms with Gasteiger partial charge in [-0.05, 0) is 47.9 Å². The van der Waals surface area contributed by atoms with Gasteiger partial charge in [-0.25, -0.2) is 12.8 Å². The second kappa shape index (κ2) is 9.13. The topological polar surface area (TPSA) is 95.6 Å². The zero-order chi connectivity index (χ0) is 23.6. The molecule has 0 radical (unpaired) electrons. The van der Waals surface area contributed by atoms with E-state index in [1.54, 1.807) is 36.4 Å². The van der Waals surface area contributed by atoms with Gasteiger partial charge in [-0.2, -0.15) is 4.31 Å². The number of nitrogens with zero attached hydrogens (tertiary/aromatic N) is 1. The van der Waals surface area contributed by atoms with E-state index in [4.69, 9.17) is 0 Å². The van der Waals surface area contributed by atoms with E-state index in [1.807, 2.05) is 12.1 Å². The lowest BCUT2D eigenvalue weighted by atomic mass is 9.95. The molecule has 0 saturated carbocycles. The molecule has 0 aliphatic carbocycles. The van der Waals surface area contributed by atoms with E-state index < -0.39 is 32.7 Å². The molecular formula is C24H22FN3O4S. The monoisotopic (exact) mass is 467 g/mol. The van der Waals surface area contributed by atoms with Crippen LogP contribution in [0.5, 0.6) is 0 Å². The fourth-order valence-corrected chi connectivity index (χ4v) is 5.49. The van der Waals surface area contributed by atoms with Crippen molar-refractivity contribution in [3.63, 3.8) is 0 Å². The lowest BCUT2D eigenvalue weighted by Gasteiger charge is -2.35. The molecule has 7 nitrogen and oxygen atoms in total. The maximum atomic E-state index is 14.4. The van der Waals surface area contributed by atoms with Gasteiger partial charge >= 0.3 is 0 Å². The summed E-state index contributed by atoms with van der Waals surface area (Å²) in [6.07, 6.45) is 0.140. The van der Waals surface area contributed by atoms with Gasteiger partial charge in [-0.1, -0.05) is 42.5 Å². The van der Waals surface area contributed by atoms with Gasteiger partial charge in [0, 0.05) is 24.8 Å². The average molecular weight is 468 g/mol. The van der Waals surface area contributed by atoms with Crippen LogP contribution >= 0.6 is 0 Å². The summed E-state index contributed by atoms with van der Waals surface area (Å²) in [6.45, 7) is 1.31. The van der Waals surface area contributed by atoms with Gasteiger partial charge in [-0.3, -0.25) is 9.59 Å². The highest BCUT2D eigenvalue weighted by Gasteiger charge is 2.40. The van der Waals surface area contributed by atoms with Crippen molar-refractivity contribution < 1.29 is 22.4 Å². The summed E-state index contributed by atoms with van der Waals surface area (Å²) >= 11 is 0. The zero-order valence-electron chi connectivity index (χ0n) is 17.8. The van der Waals surface area contributed by atoms with Crippen LogP contribution in [0.2, 0.25) is 0 Å². The van der Waals surface area contributed by atoms with Crippen molar-refractivity contribution in [3.05, 3.63) is 89.7 Å². The van der Waals surface area contributed by atoms with Crippen molar-refractivity contribution in [3.8, 4) is 0 Å². The fourth-order valence-electron chi connectivity index (χ4n) is 3.86. The molecule has 1 atom stereocenters. The first-order chi connectivity index (χ1) is 15.8. The molecule has 3 aromatic carbocycles. The molecular weight excluding hydrogens is 445 g/mol. The number of anilines is 2. The van der Waals surface area contributed by atoms with Gasteiger partial charge in [0.25, 0.3) is 0 Å². The van der Waals surface area contributed by atoms with E-state index in [0.29, 0.717) is 11.4 Å². The molecule has 3 aromatic rings. The maximum Gasteiger partial charge on any atom is 0.247 e. The van der Waals surface area contributed by atoms with E-state index in [1.165, 1.54) is 25.1 Å². The van der Waals surface area contributed by atoms with E-state index >= 15 is 0 Å². The SMILES string of the molecule is CC(=O)Nc1cccc(NC(=O)[C@@H]2Cc3ccccc3CN2S(=O)(=O)c2ccccc2F)c1. The molecule has 170 valence electrons. The van der Waals surface area contributed by atoms with Crippen molar-refractivity contribution in [1.29, 1.82) is 0 Å². The summed E-state index contributed by atoms with van der Waals surface area (Å²) in [6, 6.07) is 17.8. The highest BCUT2D eigenvalue weighted by Crippen LogP contribution is 2.31. The van der Waals surface area contributed by atoms with Gasteiger partial charge in [0.15, 0.2) is 0 Å². The molecule has 0 aromatic heterocycles. The van der Waals surface area contributed by atoms with E-state index in [2.05, 4.69) is 10.6 Å². The van der Waals surface area contributed by atoms with Gasteiger partial charge < -0.3 is 10.6 Å². The zero-order valence-corrected chi connectivity index (χ0v) is 18.6. The molecule has 0 bridgehead atoms. The minimum Gasteiger partial charge on any atom is -0.326 e. The molecule has 1 aliphatic rings. The Hall–Kier alpha value is -3.56. The molecule has 9 heteroatoms. The number of nitrogens with one attached hydrogen (secondary N) is 2. The minimum absolute atomic E-state index is 0.0587. The molecule has 2 amide bonds. The van der Waals surface area contributed by atoms with Gasteiger partial charge in [0.2, 0.25) is 21.8 Å². The molecule has 33 heavy (non-hydrogen) atoms. The number of halogens is 1. The number of sulfonamides is 1. The summed E-state index contributed by atoms with van der Waals surface area (Å²) in [5.74, 6) is -1.69. The third-order valence-electron chi connectivity index (χ3n) is 5.38. The lowest BCUT2D eigenvalue weighted by Crippen LogP contribution is -2.50. The Bertz CT molecular complexity index is 1330. The average Bonchev–Trinajstić information content (AvgIpc) is 2.78. The second-order valence-electron chi connectivity index (χ2n) is 7.72. The number of hydrogen-bond donors (Lipinski definition) is 2. The quantitative estimate of drug-likeness (QED) is 0.600. The Kier molecular flexibility index (Phi) is 6.26. The number of rotatable bonds is 5. The number of carbonyl (C=O) groups is 2. The predicted molar refractivity (Wildman–Crippen MR) is 122 cm³/mol. The molecule has 0 saturated heterocycles. The van der Waals surface area contributed by atoms with Crippen LogP contribution in [0.1, 0.15) is 18.1 Å². The second-order valence-corrected chi connectivity index (χ2v) is 9.58. The Balaban J connectivity index is 1.69. The Morgan fingerprint density at radius 1 is 0.909 bits per heavy atom. The van der Waals surface area contributed by atoms with Gasteiger partial charge in [0.05, 0.1) is 0 Å². The number of carbonyl (C=O) groups excluding carboxylic acids is 2. The Morgan fingerprint density at radius 3 is 2.24 bits per heavy atom. The van der Waals surface area contributed by atoms with Crippen molar-refractivity contribution in [2.45, 2.75) is 30.8 Å². The fraction of sp³-hybridized carbons (Fsp3) is 0.167. The third-order valence-corrected chi connectivity index (χ3v) is 7.27. The highest BCUT2D eigenvalue weighted by molar-refractivity contribution is 7.89. The summed E-state index contributed by atoms with van der Waals surface area (Å²) in [5, 5.41) is 5.37. The van der Waals surface area contributed by atoms with Crippen LogP contribution in [0.3, 0.4) is 0 Å². The Morgan fingerprint density at radius 2 is 1.55 bits per heavy atom. The molecule has 1 aliphatic heterocycles. The standard InChI is InChI=1S/C24H22FN3O4S/c1-16(29)26-19-9-6-10-20(14-19)27-24(30)22-13-17-7-2-3-8-18(17)15-28(22)33(31,32)23-12-5-4-11-21(23)25/h2-12,14,22H,13,15H2,1H3,(H,26,29)(H,27,30)/t22-/m0/s1. The smallest absolute Gasteiger partial charge is 0.247 e. The van der Waals surface area contributed by atoms with Crippen molar-refractivity contribution in [1.82, 2.24) is 4.31 Å². The first-order valence-electron chi connectivity index (χ1n) is 10.3. The Labute approximate surface area is 191 Å². The van der Waals surface area contributed by atoms with Crippen LogP contribution in [-0.2, 0) is 32.6 Å². The first-order valence-corrected chi connectivity index (χ1v) is 11.7. The van der Waals surface area contributed by atoms with Crippen LogP contribution in [0.15, 0.2) is 77.7 Å². The minimum atomic E-state index is -4.31. The molecule has 0 unspecified atom stereocenters. The molecule has 0 fully saturated rings. The van der Waals surface area contributed by atoms with E-state index in [-0.39, 0.29) is 18.9 Å². The van der Waals surface area contributed by atoms with Crippen LogP contribution in [0.4, 0.5) is 15.8 Å². The first kappa shape index (κ1) is 22.6. The third kappa shape index (κ3) is 4.79. The van der Waals surface area contributed by atoms with Gasteiger partial charge in [0.1, 0.15) is 16.8 Å². The van der Waals surface area contributed by atoms with Crippen molar-refractivity contribution in [2.24, 2.45) is 0 Å². The van der Waals surface area contributed by atoms with E-state index in [0.717, 1.165) is 21.5 Å². The highest BCUT2D eigenvalue weighted by atomic mass is 32.2. The summed E-state index contributed by atoms with van der Waals surface area (Å²) < 4.78 is 42.3. The van der Waals surface area contributed by atoms with E-state index in [9.17, 15) is 22.4 Å². The predicted octanol–water partition coefficient (Wildman–Crippen LogP) is 3.54. The summed E-state index contributed by atoms with van der Waals surface area (Å²) in [4.78, 5) is 24.1. The number of hydrogen-bond acceptors (Lipinski definition) is 4. The number of benzene rings is 3. The van der Waals surface area contributed by atoms with Crippen molar-refractivity contribution in [2.75, 3.05) is 10.6 Å². The van der Waals surface area contributed by atoms with Crippen LogP contribution < -0.4 is 10.6 Å². The van der Waals surface area contributed by atoms with Crippen molar-refractivity contribution >= 4 is 33.2 Å². The summed E-state index contributed by atoms with van der Waals surface area (Å²) in [7, 11) is -4.31. The maximum absolute atomic E-state index is 14.4. The van der Waals surface area contributed by atoms with Crippen LogP contribution in [-0.4, -0.2) is 30.6 Å². The van der Waals surface area contributed by atoms with Crippen LogP contribution in [0.25, 0.3) is 0 Å².